The fraction of sp³-hybridized carbons (Fsp3) is 0.922. The van der Waals surface area contributed by atoms with Gasteiger partial charge in [0.1, 0.15) is 6.10 Å². The lowest BCUT2D eigenvalue weighted by atomic mass is 10.1. The second-order valence-electron chi connectivity index (χ2n) is 16.3. The van der Waals surface area contributed by atoms with E-state index < -0.39 is 0 Å². The molecule has 1 atom stereocenters. The summed E-state index contributed by atoms with van der Waals surface area (Å²) in [4.78, 5) is 0. The molecule has 358 valence electrons. The van der Waals surface area contributed by atoms with Crippen LogP contribution in [0, 0.1) is 0 Å². The van der Waals surface area contributed by atoms with Gasteiger partial charge in [-0.3, -0.25) is 0 Å². The van der Waals surface area contributed by atoms with E-state index in [1.165, 1.54) is 167 Å². The Labute approximate surface area is 378 Å². The molecule has 0 fully saturated rings. The molecule has 0 heterocycles. The van der Waals surface area contributed by atoms with E-state index in [1.807, 2.05) is 0 Å². The molecule has 0 bridgehead atoms. The third-order valence-electron chi connectivity index (χ3n) is 10.5. The van der Waals surface area contributed by atoms with Crippen LogP contribution < -0.4 is 0 Å². The fourth-order valence-corrected chi connectivity index (χ4v) is 6.92. The van der Waals surface area contributed by atoms with E-state index in [2.05, 4.69) is 50.8 Å². The Balaban J connectivity index is 4.02. The molecule has 60 heavy (non-hydrogen) atoms. The molecule has 0 saturated heterocycles. The van der Waals surface area contributed by atoms with Crippen LogP contribution >= 0.6 is 12.6 Å². The molecular weight excluding hydrogens is 773 g/mol. The predicted molar refractivity (Wildman–Crippen MR) is 258 cm³/mol. The zero-order chi connectivity index (χ0) is 43.2. The van der Waals surface area contributed by atoms with Crippen LogP contribution in [0.1, 0.15) is 194 Å². The summed E-state index contributed by atoms with van der Waals surface area (Å²) in [7, 11) is 0. The molecule has 0 aliphatic rings. The summed E-state index contributed by atoms with van der Waals surface area (Å²) in [6, 6.07) is 0. The Hall–Kier alpha value is -0.490. The van der Waals surface area contributed by atoms with Crippen molar-refractivity contribution < 1.29 is 37.9 Å². The van der Waals surface area contributed by atoms with E-state index in [1.54, 1.807) is 0 Å². The van der Waals surface area contributed by atoms with E-state index >= 15 is 0 Å². The van der Waals surface area contributed by atoms with Crippen LogP contribution in [0.15, 0.2) is 24.3 Å². The summed E-state index contributed by atoms with van der Waals surface area (Å²) in [6.07, 6.45) is 46.4. The van der Waals surface area contributed by atoms with Gasteiger partial charge in [-0.2, -0.15) is 12.6 Å². The highest BCUT2D eigenvalue weighted by Gasteiger charge is 2.10. The molecule has 0 rings (SSSR count). The van der Waals surface area contributed by atoms with E-state index in [9.17, 15) is 0 Å². The Morgan fingerprint density at radius 2 is 0.583 bits per heavy atom. The number of hydrogen-bond acceptors (Lipinski definition) is 9. The van der Waals surface area contributed by atoms with Crippen molar-refractivity contribution in [3.05, 3.63) is 24.3 Å². The zero-order valence-corrected chi connectivity index (χ0v) is 40.6. The number of ether oxygens (including phenoxy) is 8. The lowest BCUT2D eigenvalue weighted by Gasteiger charge is -2.18. The maximum Gasteiger partial charge on any atom is 0.104 e. The molecule has 0 saturated carbocycles. The smallest absolute Gasteiger partial charge is 0.104 e. The first-order valence-corrected chi connectivity index (χ1v) is 26.0. The van der Waals surface area contributed by atoms with Crippen molar-refractivity contribution in [1.29, 1.82) is 0 Å². The van der Waals surface area contributed by atoms with Gasteiger partial charge in [0, 0.05) is 19.0 Å². The normalized spacial score (nSPS) is 12.5. The first-order chi connectivity index (χ1) is 29.8. The van der Waals surface area contributed by atoms with Crippen LogP contribution in [0.5, 0.6) is 0 Å². The van der Waals surface area contributed by atoms with Crippen LogP contribution in [0.2, 0.25) is 0 Å². The van der Waals surface area contributed by atoms with E-state index in [0.29, 0.717) is 85.9 Å². The monoisotopic (exact) mass is 873 g/mol. The highest BCUT2D eigenvalue weighted by atomic mass is 32.1. The van der Waals surface area contributed by atoms with Gasteiger partial charge in [0.25, 0.3) is 0 Å². The van der Waals surface area contributed by atoms with E-state index in [4.69, 9.17) is 37.9 Å². The number of rotatable bonds is 54. The minimum absolute atomic E-state index is 0.0395. The summed E-state index contributed by atoms with van der Waals surface area (Å²) < 4.78 is 45.9. The molecule has 0 N–H and O–H groups in total. The third-order valence-corrected chi connectivity index (χ3v) is 10.7. The van der Waals surface area contributed by atoms with Gasteiger partial charge in [-0.05, 0) is 64.2 Å². The number of hydrogen-bond donors (Lipinski definition) is 1. The largest absolute Gasteiger partial charge is 0.379 e. The Bertz CT molecular complexity index is 816. The van der Waals surface area contributed by atoms with Gasteiger partial charge in [-0.25, -0.2) is 0 Å². The summed E-state index contributed by atoms with van der Waals surface area (Å²) in [5.74, 6) is 0.727. The van der Waals surface area contributed by atoms with Crippen LogP contribution in [0.3, 0.4) is 0 Å². The molecular formula is C51H100O8S. The van der Waals surface area contributed by atoms with Crippen molar-refractivity contribution in [1.82, 2.24) is 0 Å². The van der Waals surface area contributed by atoms with Gasteiger partial charge < -0.3 is 37.9 Å². The van der Waals surface area contributed by atoms with Crippen LogP contribution in [-0.2, 0) is 37.9 Å². The molecule has 0 amide bonds. The number of unbranched alkanes of at least 4 members (excludes halogenated alkanes) is 24. The average molecular weight is 873 g/mol. The molecule has 0 aliphatic heterocycles. The topological polar surface area (TPSA) is 73.8 Å². The van der Waals surface area contributed by atoms with Crippen molar-refractivity contribution in [2.75, 3.05) is 105 Å². The molecule has 0 radical (unpaired) electrons. The maximum absolute atomic E-state index is 6.27. The summed E-state index contributed by atoms with van der Waals surface area (Å²) in [5, 5.41) is 0. The second-order valence-corrected chi connectivity index (χ2v) is 16.8. The summed E-state index contributed by atoms with van der Waals surface area (Å²) >= 11 is 4.11. The summed E-state index contributed by atoms with van der Waals surface area (Å²) in [5.41, 5.74) is 0. The van der Waals surface area contributed by atoms with Crippen LogP contribution in [0.25, 0.3) is 0 Å². The fourth-order valence-electron chi connectivity index (χ4n) is 6.79. The molecule has 0 aromatic carbocycles. The number of thiol groups is 1. The first-order valence-electron chi connectivity index (χ1n) is 25.4. The molecule has 0 spiro atoms. The molecule has 0 aromatic rings. The van der Waals surface area contributed by atoms with Crippen molar-refractivity contribution >= 4 is 12.6 Å². The quantitative estimate of drug-likeness (QED) is 0.0368. The second kappa shape index (κ2) is 56.5. The molecule has 0 aliphatic carbocycles. The lowest BCUT2D eigenvalue weighted by Crippen LogP contribution is -2.27. The maximum atomic E-state index is 6.27. The van der Waals surface area contributed by atoms with Gasteiger partial charge in [0.05, 0.1) is 85.9 Å². The lowest BCUT2D eigenvalue weighted by molar-refractivity contribution is -0.0702. The third kappa shape index (κ3) is 53.6. The SMILES string of the molecule is CCCCCCCCC=CCCCCCCCCOCC(COCCOCCOCCOCCOCCOCCS)OCCCCCCCCC=CCCCCCCCC. The Morgan fingerprint density at radius 1 is 0.300 bits per heavy atom. The van der Waals surface area contributed by atoms with Crippen molar-refractivity contribution in [2.24, 2.45) is 0 Å². The zero-order valence-electron chi connectivity index (χ0n) is 39.7. The van der Waals surface area contributed by atoms with Crippen molar-refractivity contribution in [3.8, 4) is 0 Å². The highest BCUT2D eigenvalue weighted by Crippen LogP contribution is 2.12. The van der Waals surface area contributed by atoms with E-state index in [0.717, 1.165) is 31.8 Å². The Kier molecular flexibility index (Phi) is 56.1. The Morgan fingerprint density at radius 3 is 0.950 bits per heavy atom. The molecule has 8 nitrogen and oxygen atoms in total. The summed E-state index contributed by atoms with van der Waals surface area (Å²) in [6.45, 7) is 13.4. The van der Waals surface area contributed by atoms with Gasteiger partial charge in [-0.15, -0.1) is 0 Å². The highest BCUT2D eigenvalue weighted by molar-refractivity contribution is 7.80. The minimum Gasteiger partial charge on any atom is -0.379 e. The van der Waals surface area contributed by atoms with Gasteiger partial charge in [0.15, 0.2) is 0 Å². The van der Waals surface area contributed by atoms with Crippen molar-refractivity contribution in [3.63, 3.8) is 0 Å². The van der Waals surface area contributed by atoms with Crippen LogP contribution in [-0.4, -0.2) is 111 Å². The van der Waals surface area contributed by atoms with Crippen molar-refractivity contribution in [2.45, 2.75) is 200 Å². The molecule has 9 heteroatoms. The standard InChI is InChI=1S/C51H100O8S/c1-3-5-7-9-11-13-15-17-19-21-23-25-27-29-31-33-35-57-49-51(59-36-34-32-30-28-26-24-22-20-18-16-14-12-10-8-6-4-2)50-58-46-45-55-42-41-53-38-37-52-39-40-54-43-44-56-47-48-60/h17-20,51,60H,3-16,21-50H2,1-2H3. The van der Waals surface area contributed by atoms with Gasteiger partial charge in [-0.1, -0.05) is 154 Å². The average Bonchev–Trinajstić information content (AvgIpc) is 3.26. The van der Waals surface area contributed by atoms with E-state index in [-0.39, 0.29) is 6.10 Å². The number of allylic oxidation sites excluding steroid dienone is 4. The van der Waals surface area contributed by atoms with Crippen LogP contribution in [0.4, 0.5) is 0 Å². The first kappa shape index (κ1) is 59.5. The predicted octanol–water partition coefficient (Wildman–Crippen LogP) is 13.5. The minimum atomic E-state index is -0.0395. The molecule has 0 aromatic heterocycles. The van der Waals surface area contributed by atoms with Gasteiger partial charge >= 0.3 is 0 Å². The van der Waals surface area contributed by atoms with Gasteiger partial charge in [0.2, 0.25) is 0 Å². The molecule has 1 unspecified atom stereocenters.